The molecule has 0 radical (unpaired) electrons. The van der Waals surface area contributed by atoms with Gasteiger partial charge in [-0.05, 0) is 17.7 Å². The van der Waals surface area contributed by atoms with E-state index in [0.29, 0.717) is 5.69 Å². The second-order valence-corrected chi connectivity index (χ2v) is 2.55. The molecule has 0 atom stereocenters. The van der Waals surface area contributed by atoms with Crippen LogP contribution < -0.4 is 5.48 Å². The van der Waals surface area contributed by atoms with Gasteiger partial charge in [-0.2, -0.15) is 0 Å². The second-order valence-electron chi connectivity index (χ2n) is 2.55. The summed E-state index contributed by atoms with van der Waals surface area (Å²) in [5, 5.41) is 0. The molecule has 0 unspecified atom stereocenters. The van der Waals surface area contributed by atoms with E-state index in [9.17, 15) is 4.79 Å². The average Bonchev–Trinajstić information content (AvgIpc) is 2.26. The molecule has 1 aromatic rings. The van der Waals surface area contributed by atoms with Crippen molar-refractivity contribution in [3.63, 3.8) is 0 Å². The largest absolute Gasteiger partial charge is 0.355 e. The van der Waals surface area contributed by atoms with Crippen molar-refractivity contribution in [3.8, 4) is 0 Å². The molecule has 0 aromatic heterocycles. The highest BCUT2D eigenvalue weighted by molar-refractivity contribution is 5.81. The molecule has 14 heavy (non-hydrogen) atoms. The highest BCUT2D eigenvalue weighted by Gasteiger charge is 1.95. The van der Waals surface area contributed by atoms with Crippen LogP contribution in [0.1, 0.15) is 5.56 Å². The van der Waals surface area contributed by atoms with Crippen molar-refractivity contribution in [2.75, 3.05) is 5.48 Å². The highest BCUT2D eigenvalue weighted by atomic mass is 16.7. The number of rotatable bonds is 4. The summed E-state index contributed by atoms with van der Waals surface area (Å²) in [6.07, 6.45) is 2.82. The standard InChI is InChI=1S/C11H11NO2/c1-3-9-5-7-10(8-6-9)12-14-11(13)4-2/h3-8,12H,1-2H2. The van der Waals surface area contributed by atoms with Gasteiger partial charge in [0.15, 0.2) is 0 Å². The molecule has 1 rings (SSSR count). The van der Waals surface area contributed by atoms with Crippen molar-refractivity contribution >= 4 is 17.7 Å². The first-order valence-corrected chi connectivity index (χ1v) is 4.08. The Morgan fingerprint density at radius 3 is 2.43 bits per heavy atom. The van der Waals surface area contributed by atoms with Gasteiger partial charge in [-0.1, -0.05) is 31.4 Å². The summed E-state index contributed by atoms with van der Waals surface area (Å²) in [5.41, 5.74) is 4.20. The zero-order valence-corrected chi connectivity index (χ0v) is 7.69. The predicted molar refractivity (Wildman–Crippen MR) is 56.4 cm³/mol. The Morgan fingerprint density at radius 1 is 1.29 bits per heavy atom. The van der Waals surface area contributed by atoms with E-state index in [2.05, 4.69) is 23.5 Å². The van der Waals surface area contributed by atoms with Crippen molar-refractivity contribution in [1.82, 2.24) is 0 Å². The van der Waals surface area contributed by atoms with Crippen molar-refractivity contribution in [1.29, 1.82) is 0 Å². The molecule has 3 nitrogen and oxygen atoms in total. The van der Waals surface area contributed by atoms with E-state index in [1.54, 1.807) is 18.2 Å². The monoisotopic (exact) mass is 189 g/mol. The zero-order valence-electron chi connectivity index (χ0n) is 7.69. The third-order valence-electron chi connectivity index (χ3n) is 1.58. The normalized spacial score (nSPS) is 8.86. The SMILES string of the molecule is C=CC(=O)ONc1ccc(C=C)cc1. The quantitative estimate of drug-likeness (QED) is 0.583. The van der Waals surface area contributed by atoms with Gasteiger partial charge in [0.1, 0.15) is 0 Å². The molecule has 1 aromatic carbocycles. The lowest BCUT2D eigenvalue weighted by molar-refractivity contribution is -0.134. The third-order valence-corrected chi connectivity index (χ3v) is 1.58. The van der Waals surface area contributed by atoms with Crippen LogP contribution in [0.4, 0.5) is 5.69 Å². The molecule has 1 N–H and O–H groups in total. The van der Waals surface area contributed by atoms with Crippen LogP contribution in [0.2, 0.25) is 0 Å². The Balaban J connectivity index is 2.55. The molecule has 0 saturated heterocycles. The van der Waals surface area contributed by atoms with E-state index < -0.39 is 5.97 Å². The van der Waals surface area contributed by atoms with Crippen molar-refractivity contribution in [2.24, 2.45) is 0 Å². The number of carbonyl (C=O) groups is 1. The van der Waals surface area contributed by atoms with Gasteiger partial charge in [0.25, 0.3) is 0 Å². The van der Waals surface area contributed by atoms with Gasteiger partial charge in [-0.15, -0.1) is 0 Å². The summed E-state index contributed by atoms with van der Waals surface area (Å²) in [6, 6.07) is 7.29. The molecular formula is C11H11NO2. The van der Waals surface area contributed by atoms with Crippen LogP contribution in [0.25, 0.3) is 6.08 Å². The fraction of sp³-hybridized carbons (Fsp3) is 0. The summed E-state index contributed by atoms with van der Waals surface area (Å²) < 4.78 is 0. The molecule has 0 bridgehead atoms. The first kappa shape index (κ1) is 10.1. The van der Waals surface area contributed by atoms with E-state index in [1.165, 1.54) is 0 Å². The van der Waals surface area contributed by atoms with Gasteiger partial charge in [0, 0.05) is 6.08 Å². The molecule has 0 fully saturated rings. The number of anilines is 1. The van der Waals surface area contributed by atoms with Crippen LogP contribution in [0, 0.1) is 0 Å². The Bertz CT molecular complexity index is 341. The molecule has 72 valence electrons. The molecule has 0 spiro atoms. The van der Waals surface area contributed by atoms with E-state index in [0.717, 1.165) is 11.6 Å². The van der Waals surface area contributed by atoms with Crippen molar-refractivity contribution in [3.05, 3.63) is 49.1 Å². The number of hydrogen-bond donors (Lipinski definition) is 1. The lowest BCUT2D eigenvalue weighted by atomic mass is 10.2. The number of benzene rings is 1. The minimum atomic E-state index is -0.516. The van der Waals surface area contributed by atoms with Crippen molar-refractivity contribution in [2.45, 2.75) is 0 Å². The van der Waals surface area contributed by atoms with Crippen LogP contribution in [0.3, 0.4) is 0 Å². The topological polar surface area (TPSA) is 38.3 Å². The summed E-state index contributed by atoms with van der Waals surface area (Å²) in [4.78, 5) is 15.3. The predicted octanol–water partition coefficient (Wildman–Crippen LogP) is 2.39. The van der Waals surface area contributed by atoms with Gasteiger partial charge < -0.3 is 4.84 Å². The van der Waals surface area contributed by atoms with E-state index in [4.69, 9.17) is 0 Å². The Labute approximate surface area is 82.7 Å². The lowest BCUT2D eigenvalue weighted by Gasteiger charge is -2.04. The smallest absolute Gasteiger partial charge is 0.339 e. The van der Waals surface area contributed by atoms with Crippen LogP contribution >= 0.6 is 0 Å². The molecule has 0 aliphatic carbocycles. The number of hydrogen-bond acceptors (Lipinski definition) is 3. The molecule has 0 aliphatic heterocycles. The van der Waals surface area contributed by atoms with Crippen LogP contribution in [-0.2, 0) is 9.63 Å². The molecule has 3 heteroatoms. The average molecular weight is 189 g/mol. The summed E-state index contributed by atoms with van der Waals surface area (Å²) >= 11 is 0. The fourth-order valence-corrected chi connectivity index (χ4v) is 0.838. The van der Waals surface area contributed by atoms with Crippen LogP contribution in [0.15, 0.2) is 43.5 Å². The fourth-order valence-electron chi connectivity index (χ4n) is 0.838. The van der Waals surface area contributed by atoms with Crippen LogP contribution in [-0.4, -0.2) is 5.97 Å². The van der Waals surface area contributed by atoms with Gasteiger partial charge in [-0.3, -0.25) is 0 Å². The molecule has 0 amide bonds. The minimum absolute atomic E-state index is 0.516. The second kappa shape index (κ2) is 4.87. The maximum absolute atomic E-state index is 10.7. The summed E-state index contributed by atoms with van der Waals surface area (Å²) in [6.45, 7) is 6.90. The van der Waals surface area contributed by atoms with Gasteiger partial charge in [-0.25, -0.2) is 10.3 Å². The Morgan fingerprint density at radius 2 is 1.93 bits per heavy atom. The maximum Gasteiger partial charge on any atom is 0.355 e. The maximum atomic E-state index is 10.7. The first-order chi connectivity index (χ1) is 6.76. The van der Waals surface area contributed by atoms with E-state index >= 15 is 0 Å². The van der Waals surface area contributed by atoms with E-state index in [1.807, 2.05) is 12.1 Å². The van der Waals surface area contributed by atoms with E-state index in [-0.39, 0.29) is 0 Å². The van der Waals surface area contributed by atoms with Gasteiger partial charge in [0.2, 0.25) is 0 Å². The van der Waals surface area contributed by atoms with Crippen molar-refractivity contribution < 1.29 is 9.63 Å². The lowest BCUT2D eigenvalue weighted by Crippen LogP contribution is -2.06. The van der Waals surface area contributed by atoms with Gasteiger partial charge in [0.05, 0.1) is 5.69 Å². The first-order valence-electron chi connectivity index (χ1n) is 4.08. The molecule has 0 saturated carbocycles. The number of carbonyl (C=O) groups excluding carboxylic acids is 1. The highest BCUT2D eigenvalue weighted by Crippen LogP contribution is 2.09. The summed E-state index contributed by atoms with van der Waals surface area (Å²) in [7, 11) is 0. The number of nitrogens with one attached hydrogen (secondary N) is 1. The van der Waals surface area contributed by atoms with Gasteiger partial charge >= 0.3 is 5.97 Å². The Kier molecular flexibility index (Phi) is 3.49. The zero-order chi connectivity index (χ0) is 10.4. The molecular weight excluding hydrogens is 178 g/mol. The molecule has 0 heterocycles. The minimum Gasteiger partial charge on any atom is -0.339 e. The third kappa shape index (κ3) is 2.79. The molecule has 0 aliphatic rings. The summed E-state index contributed by atoms with van der Waals surface area (Å²) in [5.74, 6) is -0.516. The van der Waals surface area contributed by atoms with Crippen LogP contribution in [0.5, 0.6) is 0 Å². The Hall–Kier alpha value is -2.03.